The van der Waals surface area contributed by atoms with Gasteiger partial charge in [0, 0.05) is 0 Å². The quantitative estimate of drug-likeness (QED) is 0.248. The van der Waals surface area contributed by atoms with Crippen molar-refractivity contribution in [3.8, 4) is 11.1 Å². The second kappa shape index (κ2) is 14.2. The van der Waals surface area contributed by atoms with Crippen LogP contribution >= 0.6 is 0 Å². The van der Waals surface area contributed by atoms with Crippen LogP contribution in [0.15, 0.2) is 36.4 Å². The van der Waals surface area contributed by atoms with Crippen LogP contribution in [0, 0.1) is 66.4 Å². The molecule has 3 aromatic carbocycles. The zero-order valence-electron chi connectivity index (χ0n) is 27.1. The van der Waals surface area contributed by atoms with Gasteiger partial charge in [0.1, 0.15) is 0 Å². The van der Waals surface area contributed by atoms with E-state index in [0.717, 1.165) is 25.7 Å². The Kier molecular flexibility index (Phi) is 11.5. The molecule has 220 valence electrons. The molecule has 1 nitrogen and oxygen atoms in total. The van der Waals surface area contributed by atoms with E-state index >= 15 is 8.78 Å². The summed E-state index contributed by atoms with van der Waals surface area (Å²) >= 11 is 0. The zero-order valence-corrected chi connectivity index (χ0v) is 32.0. The molecule has 2 fully saturated rings. The van der Waals surface area contributed by atoms with Gasteiger partial charge in [0.2, 0.25) is 0 Å². The minimum absolute atomic E-state index is 0. The van der Waals surface area contributed by atoms with Crippen molar-refractivity contribution < 1.29 is 71.7 Å². The summed E-state index contributed by atoms with van der Waals surface area (Å²) in [6.45, 7) is 14.6. The van der Waals surface area contributed by atoms with Crippen LogP contribution < -0.4 is 58.2 Å². The van der Waals surface area contributed by atoms with E-state index < -0.39 is 6.11 Å². The molecule has 3 aromatic rings. The number of halogens is 2. The molecule has 0 radical (unpaired) electrons. The number of hydrogen-bond donors (Lipinski definition) is 0. The van der Waals surface area contributed by atoms with Crippen molar-refractivity contribution in [3.05, 3.63) is 92.5 Å². The predicted octanol–water partition coefficient (Wildman–Crippen LogP) is 7.92. The molecule has 2 aliphatic carbocycles. The number of ether oxygens (including phenoxy) is 1. The molecule has 0 saturated heterocycles. The van der Waals surface area contributed by atoms with Gasteiger partial charge in [-0.2, -0.15) is 27.0 Å². The molecular formula is C38H47F2ORb. The summed E-state index contributed by atoms with van der Waals surface area (Å²) in [5.41, 5.74) is 12.2. The Morgan fingerprint density at radius 1 is 0.643 bits per heavy atom. The molecule has 0 unspecified atom stereocenters. The molecule has 0 aromatic heterocycles. The Hall–Kier alpha value is -0.715. The molecular weight excluding hydrogens is 596 g/mol. The van der Waals surface area contributed by atoms with E-state index in [9.17, 15) is 0 Å². The first-order valence-electron chi connectivity index (χ1n) is 15.7. The maximum Gasteiger partial charge on any atom is 1.00 e. The average molecular weight is 643 g/mol. The zero-order chi connectivity index (χ0) is 29.5. The molecule has 5 rings (SSSR count). The Labute approximate surface area is 302 Å². The van der Waals surface area contributed by atoms with Crippen molar-refractivity contribution in [1.82, 2.24) is 0 Å². The molecule has 42 heavy (non-hydrogen) atoms. The molecule has 0 spiro atoms. The minimum atomic E-state index is -3.25. The number of rotatable bonds is 6. The van der Waals surface area contributed by atoms with Gasteiger partial charge in [-0.1, -0.05) is 43.7 Å². The molecule has 0 heterocycles. The summed E-state index contributed by atoms with van der Waals surface area (Å²) in [7, 11) is 0. The van der Waals surface area contributed by atoms with Crippen molar-refractivity contribution in [2.75, 3.05) is 0 Å². The second-order valence-electron chi connectivity index (χ2n) is 13.2. The van der Waals surface area contributed by atoms with E-state index in [1.807, 2.05) is 0 Å². The van der Waals surface area contributed by atoms with Gasteiger partial charge in [-0.3, -0.25) is 0 Å². The topological polar surface area (TPSA) is 9.23 Å². The van der Waals surface area contributed by atoms with Gasteiger partial charge in [-0.15, -0.1) is 11.1 Å². The molecule has 0 bridgehead atoms. The van der Waals surface area contributed by atoms with Crippen molar-refractivity contribution in [2.24, 2.45) is 11.8 Å². The molecule has 0 amide bonds. The molecule has 2 saturated carbocycles. The fourth-order valence-electron chi connectivity index (χ4n) is 7.94. The first-order chi connectivity index (χ1) is 19.4. The smallest absolute Gasteiger partial charge is 0.315 e. The van der Waals surface area contributed by atoms with Crippen LogP contribution in [0.25, 0.3) is 11.1 Å². The van der Waals surface area contributed by atoms with Gasteiger partial charge in [0.05, 0.1) is 6.10 Å². The molecule has 0 atom stereocenters. The van der Waals surface area contributed by atoms with Gasteiger partial charge in [-0.05, 0) is 148 Å². The Balaban J connectivity index is 0.00000405. The van der Waals surface area contributed by atoms with Crippen LogP contribution in [-0.4, -0.2) is 6.10 Å². The van der Waals surface area contributed by atoms with Gasteiger partial charge in [0.15, 0.2) is 0 Å². The van der Waals surface area contributed by atoms with Gasteiger partial charge < -0.3 is 4.74 Å². The third-order valence-electron chi connectivity index (χ3n) is 10.4. The van der Waals surface area contributed by atoms with E-state index in [2.05, 4.69) is 65.0 Å². The van der Waals surface area contributed by atoms with Crippen molar-refractivity contribution in [3.63, 3.8) is 0 Å². The largest absolute Gasteiger partial charge is 1.00 e. The first-order valence-corrected chi connectivity index (χ1v) is 15.7. The average Bonchev–Trinajstić information content (AvgIpc) is 2.91. The normalized spacial score (nSPS) is 23.0. The van der Waals surface area contributed by atoms with E-state index in [4.69, 9.17) is 4.74 Å². The van der Waals surface area contributed by atoms with Crippen molar-refractivity contribution in [1.29, 1.82) is 0 Å². The maximum absolute atomic E-state index is 15.1. The Morgan fingerprint density at radius 2 is 1.12 bits per heavy atom. The summed E-state index contributed by atoms with van der Waals surface area (Å²) in [6.07, 6.45) is 4.78. The van der Waals surface area contributed by atoms with E-state index in [1.165, 1.54) is 70.2 Å². The summed E-state index contributed by atoms with van der Waals surface area (Å²) < 4.78 is 35.7. The number of alkyl halides is 2. The van der Waals surface area contributed by atoms with Crippen molar-refractivity contribution >= 4 is 0 Å². The number of benzene rings is 3. The molecule has 4 heteroatoms. The van der Waals surface area contributed by atoms with E-state index in [0.29, 0.717) is 28.9 Å². The van der Waals surface area contributed by atoms with E-state index in [-0.39, 0.29) is 69.9 Å². The summed E-state index contributed by atoms with van der Waals surface area (Å²) in [6, 6.07) is 15.7. The van der Waals surface area contributed by atoms with Crippen LogP contribution in [0.4, 0.5) is 8.78 Å². The summed E-state index contributed by atoms with van der Waals surface area (Å²) in [5.74, 6) is 1.96. The first kappa shape index (κ1) is 34.2. The fourth-order valence-corrected chi connectivity index (χ4v) is 7.94. The summed E-state index contributed by atoms with van der Waals surface area (Å²) in [5, 5.41) is 0. The Bertz CT molecular complexity index is 1330. The third kappa shape index (κ3) is 7.39. The molecule has 0 aliphatic heterocycles. The third-order valence-corrected chi connectivity index (χ3v) is 10.4. The van der Waals surface area contributed by atoms with Gasteiger partial charge >= 0.3 is 64.3 Å². The predicted molar refractivity (Wildman–Crippen MR) is 166 cm³/mol. The molecule has 0 N–H and O–H groups in total. The number of hydrogen-bond acceptors (Lipinski definition) is 1. The minimum Gasteiger partial charge on any atom is -0.315 e. The van der Waals surface area contributed by atoms with Crippen LogP contribution in [0.5, 0.6) is 0 Å². The van der Waals surface area contributed by atoms with Crippen LogP contribution in [0.3, 0.4) is 0 Å². The Morgan fingerprint density at radius 3 is 1.62 bits per heavy atom. The second-order valence-corrected chi connectivity index (χ2v) is 13.2. The SMILES string of the molecule is Cc1cc(-c2c(C)cc(C3CCC(C4CCC(OC(F)(F)c5c(C)c[c-]cc5C)CC4)CC3)cc2C)cc(C)c1C.[Rb+]. The monoisotopic (exact) mass is 642 g/mol. The molecule has 2 aliphatic rings. The van der Waals surface area contributed by atoms with E-state index in [1.54, 1.807) is 26.0 Å². The van der Waals surface area contributed by atoms with Gasteiger partial charge in [0.25, 0.3) is 0 Å². The van der Waals surface area contributed by atoms with Crippen molar-refractivity contribution in [2.45, 2.75) is 118 Å². The maximum atomic E-state index is 15.1. The van der Waals surface area contributed by atoms with Crippen LogP contribution in [-0.2, 0) is 10.8 Å². The number of aryl methyl sites for hydroxylation is 6. The fraction of sp³-hybridized carbons (Fsp3) is 0.526. The van der Waals surface area contributed by atoms with Gasteiger partial charge in [-0.25, -0.2) is 0 Å². The van der Waals surface area contributed by atoms with Crippen LogP contribution in [0.2, 0.25) is 0 Å². The standard InChI is InChI=1S/C38H47F2O.Rb/c1-23-9-8-10-24(2)37(23)38(39,40)41-35-17-15-31(16-18-35)30-11-13-32(14-12-30)33-21-27(5)36(28(6)22-33)34-19-25(3)29(7)26(4)20-34;/h9-10,19-22,30-32,35H,11-18H2,1-7H3;/q-1;+1. The summed E-state index contributed by atoms with van der Waals surface area (Å²) in [4.78, 5) is 0. The van der Waals surface area contributed by atoms with Crippen LogP contribution in [0.1, 0.15) is 107 Å².